The summed E-state index contributed by atoms with van der Waals surface area (Å²) in [6.45, 7) is 4.37. The van der Waals surface area contributed by atoms with Gasteiger partial charge >= 0.3 is 0 Å². The lowest BCUT2D eigenvalue weighted by molar-refractivity contribution is 0.406. The monoisotopic (exact) mass is 301 g/mol. The topological polar surface area (TPSA) is 21.3 Å². The van der Waals surface area contributed by atoms with Gasteiger partial charge < -0.3 is 10.1 Å². The molecule has 0 radical (unpaired) electrons. The molecule has 0 aliphatic carbocycles. The van der Waals surface area contributed by atoms with E-state index < -0.39 is 0 Å². The first-order valence-electron chi connectivity index (χ1n) is 7.41. The lowest BCUT2D eigenvalue weighted by Crippen LogP contribution is -2.11. The average Bonchev–Trinajstić information content (AvgIpc) is 2.54. The summed E-state index contributed by atoms with van der Waals surface area (Å²) in [7, 11) is 1.73. The van der Waals surface area contributed by atoms with Gasteiger partial charge in [0.15, 0.2) is 0 Å². The number of ether oxygens (including phenoxy) is 1. The summed E-state index contributed by atoms with van der Waals surface area (Å²) >= 11 is 1.87. The van der Waals surface area contributed by atoms with Crippen LogP contribution in [-0.2, 0) is 0 Å². The Bertz CT molecular complexity index is 571. The van der Waals surface area contributed by atoms with Crippen molar-refractivity contribution in [3.05, 3.63) is 54.1 Å². The van der Waals surface area contributed by atoms with Crippen molar-refractivity contribution in [2.24, 2.45) is 0 Å². The van der Waals surface area contributed by atoms with Crippen molar-refractivity contribution >= 4 is 17.4 Å². The molecule has 2 aromatic rings. The highest BCUT2D eigenvalue weighted by molar-refractivity contribution is 7.99. The Kier molecular flexibility index (Phi) is 6.00. The fraction of sp³-hybridized carbons (Fsp3) is 0.333. The normalized spacial score (nSPS) is 12.0. The molecule has 0 heterocycles. The number of benzene rings is 2. The first-order valence-corrected chi connectivity index (χ1v) is 8.40. The van der Waals surface area contributed by atoms with Gasteiger partial charge in [-0.1, -0.05) is 44.2 Å². The summed E-state index contributed by atoms with van der Waals surface area (Å²) in [5, 5.41) is 3.67. The Hall–Kier alpha value is -1.61. The van der Waals surface area contributed by atoms with Crippen LogP contribution in [0.15, 0.2) is 53.4 Å². The van der Waals surface area contributed by atoms with Crippen LogP contribution in [-0.4, -0.2) is 12.9 Å². The number of nitrogens with one attached hydrogen (secondary N) is 1. The zero-order chi connectivity index (χ0) is 15.1. The molecular formula is C18H23NOS. The van der Waals surface area contributed by atoms with Crippen LogP contribution in [0.2, 0.25) is 0 Å². The van der Waals surface area contributed by atoms with Gasteiger partial charge in [-0.15, -0.1) is 11.8 Å². The molecule has 21 heavy (non-hydrogen) atoms. The van der Waals surface area contributed by atoms with Crippen LogP contribution in [0.1, 0.15) is 31.9 Å². The highest BCUT2D eigenvalue weighted by Crippen LogP contribution is 2.33. The molecule has 0 aliphatic rings. The lowest BCUT2D eigenvalue weighted by atomic mass is 10.0. The lowest BCUT2D eigenvalue weighted by Gasteiger charge is -2.22. The molecule has 0 bridgehead atoms. The number of hydrogen-bond donors (Lipinski definition) is 1. The Morgan fingerprint density at radius 3 is 2.48 bits per heavy atom. The molecule has 112 valence electrons. The fourth-order valence-corrected chi connectivity index (χ4v) is 3.18. The highest BCUT2D eigenvalue weighted by atomic mass is 32.2. The van der Waals surface area contributed by atoms with E-state index in [1.165, 1.54) is 16.1 Å². The van der Waals surface area contributed by atoms with Crippen molar-refractivity contribution in [2.75, 3.05) is 18.2 Å². The van der Waals surface area contributed by atoms with Crippen molar-refractivity contribution in [3.8, 4) is 5.75 Å². The first kappa shape index (κ1) is 15.8. The molecule has 1 N–H and O–H groups in total. The number of methoxy groups -OCH3 is 1. The van der Waals surface area contributed by atoms with Gasteiger partial charge in [0.2, 0.25) is 0 Å². The molecule has 0 saturated carbocycles. The van der Waals surface area contributed by atoms with Crippen LogP contribution in [0.3, 0.4) is 0 Å². The van der Waals surface area contributed by atoms with Crippen LogP contribution in [0, 0.1) is 0 Å². The third-order valence-electron chi connectivity index (χ3n) is 3.44. The van der Waals surface area contributed by atoms with E-state index in [0.717, 1.165) is 17.9 Å². The molecule has 0 aromatic heterocycles. The molecule has 0 saturated heterocycles. The summed E-state index contributed by atoms with van der Waals surface area (Å²) in [5.74, 6) is 2.02. The average molecular weight is 301 g/mol. The standard InChI is InChI=1S/C18H23NOS/c1-4-15(14-10-6-8-12-17(14)20-3)19-16-11-7-9-13-18(16)21-5-2/h6-13,15,19H,4-5H2,1-3H3. The third kappa shape index (κ3) is 3.94. The third-order valence-corrected chi connectivity index (χ3v) is 4.39. The number of rotatable bonds is 7. The number of thioether (sulfide) groups is 1. The molecule has 2 nitrogen and oxygen atoms in total. The van der Waals surface area contributed by atoms with Crippen molar-refractivity contribution in [1.82, 2.24) is 0 Å². The fourth-order valence-electron chi connectivity index (χ4n) is 2.41. The molecule has 0 spiro atoms. The van der Waals surface area contributed by atoms with Crippen molar-refractivity contribution in [1.29, 1.82) is 0 Å². The smallest absolute Gasteiger partial charge is 0.124 e. The number of para-hydroxylation sites is 2. The van der Waals surface area contributed by atoms with E-state index in [1.54, 1.807) is 7.11 Å². The van der Waals surface area contributed by atoms with E-state index in [1.807, 2.05) is 23.9 Å². The van der Waals surface area contributed by atoms with Crippen molar-refractivity contribution in [2.45, 2.75) is 31.2 Å². The Balaban J connectivity index is 2.27. The quantitative estimate of drug-likeness (QED) is 0.695. The molecule has 2 rings (SSSR count). The largest absolute Gasteiger partial charge is 0.496 e. The Morgan fingerprint density at radius 2 is 1.76 bits per heavy atom. The SMILES string of the molecule is CCSc1ccccc1NC(CC)c1ccccc1OC. The van der Waals surface area contributed by atoms with Crippen LogP contribution in [0.25, 0.3) is 0 Å². The highest BCUT2D eigenvalue weighted by Gasteiger charge is 2.15. The molecular weight excluding hydrogens is 278 g/mol. The van der Waals surface area contributed by atoms with Gasteiger partial charge in [-0.2, -0.15) is 0 Å². The Morgan fingerprint density at radius 1 is 1.05 bits per heavy atom. The van der Waals surface area contributed by atoms with Crippen LogP contribution >= 0.6 is 11.8 Å². The zero-order valence-electron chi connectivity index (χ0n) is 12.9. The molecule has 1 atom stereocenters. The zero-order valence-corrected chi connectivity index (χ0v) is 13.7. The van der Waals surface area contributed by atoms with E-state index in [2.05, 4.69) is 55.6 Å². The molecule has 0 fully saturated rings. The summed E-state index contributed by atoms with van der Waals surface area (Å²) < 4.78 is 5.50. The van der Waals surface area contributed by atoms with Gasteiger partial charge in [0.25, 0.3) is 0 Å². The molecule has 3 heteroatoms. The second-order valence-corrected chi connectivity index (χ2v) is 6.08. The molecule has 2 aromatic carbocycles. The van der Waals surface area contributed by atoms with Crippen LogP contribution in [0.4, 0.5) is 5.69 Å². The summed E-state index contributed by atoms with van der Waals surface area (Å²) in [6.07, 6.45) is 1.01. The van der Waals surface area contributed by atoms with E-state index in [0.29, 0.717) is 0 Å². The maximum absolute atomic E-state index is 5.50. The first-order chi connectivity index (χ1) is 10.3. The Labute approximate surface area is 131 Å². The summed E-state index contributed by atoms with van der Waals surface area (Å²) in [6, 6.07) is 17.0. The van der Waals surface area contributed by atoms with Crippen molar-refractivity contribution < 1.29 is 4.74 Å². The minimum atomic E-state index is 0.250. The molecule has 0 aliphatic heterocycles. The van der Waals surface area contributed by atoms with Gasteiger partial charge in [0, 0.05) is 16.1 Å². The summed E-state index contributed by atoms with van der Waals surface area (Å²) in [5.41, 5.74) is 2.40. The van der Waals surface area contributed by atoms with Crippen molar-refractivity contribution in [3.63, 3.8) is 0 Å². The van der Waals surface area contributed by atoms with E-state index >= 15 is 0 Å². The van der Waals surface area contributed by atoms with Gasteiger partial charge in [-0.25, -0.2) is 0 Å². The van der Waals surface area contributed by atoms with Crippen LogP contribution in [0.5, 0.6) is 5.75 Å². The van der Waals surface area contributed by atoms with Gasteiger partial charge in [0.1, 0.15) is 5.75 Å². The van der Waals surface area contributed by atoms with Gasteiger partial charge in [-0.3, -0.25) is 0 Å². The predicted molar refractivity (Wildman–Crippen MR) is 92.5 cm³/mol. The van der Waals surface area contributed by atoms with E-state index in [-0.39, 0.29) is 6.04 Å². The maximum atomic E-state index is 5.50. The second-order valence-electron chi connectivity index (χ2n) is 4.78. The molecule has 0 amide bonds. The number of hydrogen-bond acceptors (Lipinski definition) is 3. The van der Waals surface area contributed by atoms with E-state index in [4.69, 9.17) is 4.74 Å². The van der Waals surface area contributed by atoms with Gasteiger partial charge in [-0.05, 0) is 30.4 Å². The predicted octanol–water partition coefficient (Wildman–Crippen LogP) is 5.37. The second kappa shape index (κ2) is 7.99. The van der Waals surface area contributed by atoms with E-state index in [9.17, 15) is 0 Å². The molecule has 1 unspecified atom stereocenters. The maximum Gasteiger partial charge on any atom is 0.124 e. The van der Waals surface area contributed by atoms with Crippen LogP contribution < -0.4 is 10.1 Å². The number of anilines is 1. The minimum absolute atomic E-state index is 0.250. The summed E-state index contributed by atoms with van der Waals surface area (Å²) in [4.78, 5) is 1.30. The van der Waals surface area contributed by atoms with Gasteiger partial charge in [0.05, 0.1) is 13.2 Å². The minimum Gasteiger partial charge on any atom is -0.496 e.